The molecule has 27 heavy (non-hydrogen) atoms. The van der Waals surface area contributed by atoms with Gasteiger partial charge in [-0.3, -0.25) is 14.5 Å². The fourth-order valence-corrected chi connectivity index (χ4v) is 4.98. The first kappa shape index (κ1) is 20.2. The number of benzene rings is 2. The first-order valence-corrected chi connectivity index (χ1v) is 10.7. The maximum Gasteiger partial charge on any atom is 0.293 e. The van der Waals surface area contributed by atoms with E-state index in [2.05, 4.69) is 31.9 Å². The number of imide groups is 1. The summed E-state index contributed by atoms with van der Waals surface area (Å²) in [4.78, 5) is 26.8. The molecule has 140 valence electrons. The number of ether oxygens (including phenoxy) is 1. The van der Waals surface area contributed by atoms with E-state index in [1.165, 1.54) is 4.90 Å². The Morgan fingerprint density at radius 3 is 2.44 bits per heavy atom. The monoisotopic (exact) mass is 509 g/mol. The molecule has 0 bridgehead atoms. The number of halogens is 2. The van der Waals surface area contributed by atoms with Crippen molar-refractivity contribution in [3.8, 4) is 5.75 Å². The van der Waals surface area contributed by atoms with E-state index in [1.807, 2.05) is 50.2 Å². The molecule has 0 aliphatic carbocycles. The van der Waals surface area contributed by atoms with Crippen LogP contribution >= 0.6 is 43.6 Å². The lowest BCUT2D eigenvalue weighted by atomic mass is 10.1. The van der Waals surface area contributed by atoms with Crippen molar-refractivity contribution in [1.82, 2.24) is 4.90 Å². The molecule has 3 rings (SSSR count). The van der Waals surface area contributed by atoms with E-state index < -0.39 is 0 Å². The number of hydrogen-bond acceptors (Lipinski definition) is 4. The quantitative estimate of drug-likeness (QED) is 0.452. The van der Waals surface area contributed by atoms with Gasteiger partial charge < -0.3 is 4.74 Å². The number of carbonyl (C=O) groups is 2. The lowest BCUT2D eigenvalue weighted by Crippen LogP contribution is -2.27. The third kappa shape index (κ3) is 4.47. The molecular weight excluding hydrogens is 494 g/mol. The van der Waals surface area contributed by atoms with Crippen molar-refractivity contribution in [2.75, 3.05) is 6.61 Å². The van der Waals surface area contributed by atoms with E-state index >= 15 is 0 Å². The summed E-state index contributed by atoms with van der Waals surface area (Å²) >= 11 is 7.94. The molecule has 0 atom stereocenters. The second kappa shape index (κ2) is 8.63. The van der Waals surface area contributed by atoms with Crippen molar-refractivity contribution in [3.05, 3.63) is 66.9 Å². The average Bonchev–Trinajstić information content (AvgIpc) is 2.87. The van der Waals surface area contributed by atoms with Gasteiger partial charge in [-0.15, -0.1) is 0 Å². The van der Waals surface area contributed by atoms with Crippen molar-refractivity contribution < 1.29 is 14.3 Å². The number of carbonyl (C=O) groups excluding carboxylic acids is 2. The highest BCUT2D eigenvalue weighted by atomic mass is 79.9. The van der Waals surface area contributed by atoms with E-state index in [0.717, 1.165) is 37.4 Å². The Balaban J connectivity index is 1.85. The molecule has 0 radical (unpaired) electrons. The van der Waals surface area contributed by atoms with Gasteiger partial charge in [0, 0.05) is 0 Å². The standard InChI is InChI=1S/C20H17Br2NO3S/c1-3-26-18-15(21)8-13(9-16(18)22)10-17-19(24)23(20(25)27-17)11-14-7-5-4-6-12(14)2/h4-10H,3,11H2,1-2H3/b17-10-. The molecule has 2 aromatic carbocycles. The first-order chi connectivity index (χ1) is 12.9. The minimum absolute atomic E-state index is 0.251. The third-order valence-electron chi connectivity index (χ3n) is 4.07. The third-order valence-corrected chi connectivity index (χ3v) is 6.16. The Morgan fingerprint density at radius 1 is 1.15 bits per heavy atom. The van der Waals surface area contributed by atoms with Gasteiger partial charge in [-0.1, -0.05) is 24.3 Å². The summed E-state index contributed by atoms with van der Waals surface area (Å²) in [5.41, 5.74) is 2.83. The van der Waals surface area contributed by atoms with Crippen LogP contribution < -0.4 is 4.74 Å². The second-order valence-electron chi connectivity index (χ2n) is 5.94. The van der Waals surface area contributed by atoms with Crippen molar-refractivity contribution >= 4 is 60.8 Å². The fourth-order valence-electron chi connectivity index (χ4n) is 2.69. The zero-order valence-corrected chi connectivity index (χ0v) is 18.8. The highest BCUT2D eigenvalue weighted by Gasteiger charge is 2.35. The molecule has 7 heteroatoms. The van der Waals surface area contributed by atoms with Crippen molar-refractivity contribution in [1.29, 1.82) is 0 Å². The topological polar surface area (TPSA) is 46.6 Å². The zero-order valence-electron chi connectivity index (χ0n) is 14.8. The SMILES string of the molecule is CCOc1c(Br)cc(/C=C2\SC(=O)N(Cc3ccccc3C)C2=O)cc1Br. The predicted octanol–water partition coefficient (Wildman–Crippen LogP) is 6.16. The van der Waals surface area contributed by atoms with E-state index in [1.54, 1.807) is 6.08 Å². The van der Waals surface area contributed by atoms with Gasteiger partial charge in [-0.25, -0.2) is 0 Å². The van der Waals surface area contributed by atoms with E-state index in [0.29, 0.717) is 17.3 Å². The number of amides is 2. The van der Waals surface area contributed by atoms with E-state index in [4.69, 9.17) is 4.74 Å². The molecule has 0 unspecified atom stereocenters. The van der Waals surface area contributed by atoms with Crippen molar-refractivity contribution in [2.24, 2.45) is 0 Å². The Bertz CT molecular complexity index is 920. The molecule has 1 heterocycles. The molecule has 1 fully saturated rings. The van der Waals surface area contributed by atoms with Crippen LogP contribution in [0.5, 0.6) is 5.75 Å². The van der Waals surface area contributed by atoms with Crippen LogP contribution in [0.25, 0.3) is 6.08 Å². The Kier molecular flexibility index (Phi) is 6.44. The maximum atomic E-state index is 12.7. The molecule has 4 nitrogen and oxygen atoms in total. The van der Waals surface area contributed by atoms with Gasteiger partial charge in [0.15, 0.2) is 0 Å². The summed E-state index contributed by atoms with van der Waals surface area (Å²) in [6.45, 7) is 4.72. The molecule has 0 aromatic heterocycles. The molecule has 1 aliphatic heterocycles. The molecule has 0 spiro atoms. The van der Waals surface area contributed by atoms with Crippen LogP contribution in [-0.4, -0.2) is 22.7 Å². The van der Waals surface area contributed by atoms with Gasteiger partial charge in [0.25, 0.3) is 11.1 Å². The van der Waals surface area contributed by atoms with Gasteiger partial charge in [0.2, 0.25) is 0 Å². The molecule has 1 saturated heterocycles. The Morgan fingerprint density at radius 2 is 1.81 bits per heavy atom. The maximum absolute atomic E-state index is 12.7. The number of nitrogens with zero attached hydrogens (tertiary/aromatic N) is 1. The average molecular weight is 511 g/mol. The summed E-state index contributed by atoms with van der Waals surface area (Å²) < 4.78 is 7.14. The summed E-state index contributed by atoms with van der Waals surface area (Å²) in [5, 5.41) is -0.251. The summed E-state index contributed by atoms with van der Waals surface area (Å²) in [7, 11) is 0. The highest BCUT2D eigenvalue weighted by Crippen LogP contribution is 2.38. The van der Waals surface area contributed by atoms with E-state index in [9.17, 15) is 9.59 Å². The summed E-state index contributed by atoms with van der Waals surface area (Å²) in [5.74, 6) is 0.441. The van der Waals surface area contributed by atoms with Gasteiger partial charge in [-0.2, -0.15) is 0 Å². The number of thioether (sulfide) groups is 1. The number of aryl methyl sites for hydroxylation is 1. The van der Waals surface area contributed by atoms with Crippen molar-refractivity contribution in [3.63, 3.8) is 0 Å². The van der Waals surface area contributed by atoms with Crippen LogP contribution in [0, 0.1) is 6.92 Å². The molecule has 2 amide bonds. The lowest BCUT2D eigenvalue weighted by molar-refractivity contribution is -0.123. The highest BCUT2D eigenvalue weighted by molar-refractivity contribution is 9.11. The van der Waals surface area contributed by atoms with Crippen LogP contribution in [0.1, 0.15) is 23.6 Å². The molecule has 0 N–H and O–H groups in total. The fraction of sp³-hybridized carbons (Fsp3) is 0.200. The molecule has 2 aromatic rings. The number of rotatable bonds is 5. The van der Waals surface area contributed by atoms with Gasteiger partial charge in [0.1, 0.15) is 5.75 Å². The van der Waals surface area contributed by atoms with Gasteiger partial charge in [0.05, 0.1) is 27.0 Å². The van der Waals surface area contributed by atoms with Crippen LogP contribution in [0.2, 0.25) is 0 Å². The van der Waals surface area contributed by atoms with Gasteiger partial charge in [-0.05, 0) is 92.4 Å². The van der Waals surface area contributed by atoms with Crippen LogP contribution in [0.3, 0.4) is 0 Å². The lowest BCUT2D eigenvalue weighted by Gasteiger charge is -2.14. The van der Waals surface area contributed by atoms with Crippen LogP contribution in [0.4, 0.5) is 4.79 Å². The normalized spacial score (nSPS) is 15.7. The smallest absolute Gasteiger partial charge is 0.293 e. The summed E-state index contributed by atoms with van der Waals surface area (Å²) in [6, 6.07) is 11.5. The minimum atomic E-state index is -0.269. The predicted molar refractivity (Wildman–Crippen MR) is 116 cm³/mol. The Hall–Kier alpha value is -1.57. The largest absolute Gasteiger partial charge is 0.492 e. The van der Waals surface area contributed by atoms with E-state index in [-0.39, 0.29) is 17.7 Å². The summed E-state index contributed by atoms with van der Waals surface area (Å²) in [6.07, 6.45) is 1.73. The molecule has 0 saturated carbocycles. The molecular formula is C20H17Br2NO3S. The first-order valence-electron chi connectivity index (χ1n) is 8.32. The van der Waals surface area contributed by atoms with Crippen LogP contribution in [0.15, 0.2) is 50.2 Å². The zero-order chi connectivity index (χ0) is 19.6. The minimum Gasteiger partial charge on any atom is -0.492 e. The van der Waals surface area contributed by atoms with Gasteiger partial charge >= 0.3 is 0 Å². The number of hydrogen-bond donors (Lipinski definition) is 0. The molecule has 1 aliphatic rings. The van der Waals surface area contributed by atoms with Crippen LogP contribution in [-0.2, 0) is 11.3 Å². The Labute approximate surface area is 179 Å². The van der Waals surface area contributed by atoms with Crippen molar-refractivity contribution in [2.45, 2.75) is 20.4 Å². The second-order valence-corrected chi connectivity index (χ2v) is 8.64.